The highest BCUT2D eigenvalue weighted by atomic mass is 32.1. The van der Waals surface area contributed by atoms with Gasteiger partial charge in [0.2, 0.25) is 0 Å². The summed E-state index contributed by atoms with van der Waals surface area (Å²) in [5, 5.41) is 0. The Morgan fingerprint density at radius 3 is 2.18 bits per heavy atom. The van der Waals surface area contributed by atoms with Crippen molar-refractivity contribution < 1.29 is 0 Å². The molecule has 1 aliphatic carbocycles. The van der Waals surface area contributed by atoms with Crippen molar-refractivity contribution in [3.8, 4) is 11.1 Å². The summed E-state index contributed by atoms with van der Waals surface area (Å²) in [6.45, 7) is 32.9. The topological polar surface area (TPSA) is 6.48 Å². The van der Waals surface area contributed by atoms with Gasteiger partial charge in [0, 0.05) is 38.1 Å². The largest absolute Gasteiger partial charge is 0.311 e. The zero-order valence-corrected chi connectivity index (χ0v) is 36.6. The molecular weight excluding hydrogens is 695 g/mol. The lowest BCUT2D eigenvalue weighted by molar-refractivity contribution is 0.339. The molecule has 0 amide bonds. The number of rotatable bonds is 6. The molecule has 0 atom stereocenters. The smallest absolute Gasteiger partial charge is 0.264 e. The molecule has 2 nitrogen and oxygen atoms in total. The SMILES string of the molecule is C=C/C(=C\C=C(/C)C(C)(C)C)N1c2cc(C)cc3c2B(c2cc(C(C)C)ccc2N3c2cc(-c3ccccc3)ccc2C)c2sc3c(c21)C(C)(C)CCC3(C)C. The zero-order chi connectivity index (χ0) is 40.1. The van der Waals surface area contributed by atoms with Gasteiger partial charge in [-0.1, -0.05) is 135 Å². The highest BCUT2D eigenvalue weighted by Gasteiger charge is 2.50. The lowest BCUT2D eigenvalue weighted by atomic mass is 9.35. The van der Waals surface area contributed by atoms with Crippen LogP contribution in [-0.4, -0.2) is 6.71 Å². The van der Waals surface area contributed by atoms with Crippen LogP contribution >= 0.6 is 11.3 Å². The molecular formula is C52H59BN2S. The van der Waals surface area contributed by atoms with Crippen LogP contribution in [0.2, 0.25) is 0 Å². The number of hydrogen-bond acceptors (Lipinski definition) is 3. The van der Waals surface area contributed by atoms with E-state index in [2.05, 4.69) is 208 Å². The maximum absolute atomic E-state index is 4.51. The molecule has 4 aromatic carbocycles. The van der Waals surface area contributed by atoms with Crippen LogP contribution in [0.25, 0.3) is 11.1 Å². The molecule has 56 heavy (non-hydrogen) atoms. The van der Waals surface area contributed by atoms with Gasteiger partial charge >= 0.3 is 0 Å². The van der Waals surface area contributed by atoms with Gasteiger partial charge in [-0.2, -0.15) is 11.3 Å². The van der Waals surface area contributed by atoms with E-state index in [0.717, 1.165) is 12.1 Å². The van der Waals surface area contributed by atoms with Crippen LogP contribution in [0.3, 0.4) is 0 Å². The second-order valence-corrected chi connectivity index (χ2v) is 20.4. The molecule has 0 bridgehead atoms. The average Bonchev–Trinajstić information content (AvgIpc) is 3.57. The third kappa shape index (κ3) is 6.15. The minimum Gasteiger partial charge on any atom is -0.311 e. The first-order chi connectivity index (χ1) is 26.4. The van der Waals surface area contributed by atoms with Gasteiger partial charge < -0.3 is 9.80 Å². The van der Waals surface area contributed by atoms with E-state index in [1.807, 2.05) is 0 Å². The van der Waals surface area contributed by atoms with E-state index in [4.69, 9.17) is 0 Å². The highest BCUT2D eigenvalue weighted by molar-refractivity contribution is 7.29. The van der Waals surface area contributed by atoms with Crippen molar-refractivity contribution in [1.29, 1.82) is 0 Å². The Morgan fingerprint density at radius 2 is 1.50 bits per heavy atom. The van der Waals surface area contributed by atoms with E-state index < -0.39 is 0 Å². The Bertz CT molecular complexity index is 2450. The van der Waals surface area contributed by atoms with E-state index in [1.165, 1.54) is 89.5 Å². The van der Waals surface area contributed by atoms with Crippen molar-refractivity contribution in [1.82, 2.24) is 0 Å². The molecule has 3 aliphatic rings. The standard InChI is InChI=1S/C52H59BN2S/c1-14-39(24-21-35(6)50(7,8)9)54-43-28-33(4)29-44-46(43)53(49-47(54)45-48(56-49)52(12,13)27-26-51(45,10)11)40-30-37(32(2)3)23-25-41(40)55(44)42-31-38(22-20-34(42)5)36-18-16-15-17-19-36/h14-25,28-32H,1,26-27H2,2-13H3/b35-21+,39-24+. The summed E-state index contributed by atoms with van der Waals surface area (Å²) in [6.07, 6.45) is 9.10. The van der Waals surface area contributed by atoms with Crippen LogP contribution in [0.1, 0.15) is 115 Å². The first-order valence-corrected chi connectivity index (χ1v) is 21.5. The summed E-state index contributed by atoms with van der Waals surface area (Å²) in [6, 6.07) is 30.1. The van der Waals surface area contributed by atoms with Gasteiger partial charge in [-0.3, -0.25) is 0 Å². The van der Waals surface area contributed by atoms with Crippen molar-refractivity contribution in [3.05, 3.63) is 142 Å². The van der Waals surface area contributed by atoms with Crippen molar-refractivity contribution >= 4 is 62.2 Å². The molecule has 3 heterocycles. The van der Waals surface area contributed by atoms with Crippen LogP contribution in [0.5, 0.6) is 0 Å². The highest BCUT2D eigenvalue weighted by Crippen LogP contribution is 2.55. The van der Waals surface area contributed by atoms with Gasteiger partial charge in [0.05, 0.1) is 5.69 Å². The maximum atomic E-state index is 4.51. The quantitative estimate of drug-likeness (QED) is 0.123. The predicted molar refractivity (Wildman–Crippen MR) is 248 cm³/mol. The third-order valence-electron chi connectivity index (χ3n) is 13.1. The Hall–Kier alpha value is -4.54. The summed E-state index contributed by atoms with van der Waals surface area (Å²) >= 11 is 2.09. The second-order valence-electron chi connectivity index (χ2n) is 19.3. The Morgan fingerprint density at radius 1 is 0.804 bits per heavy atom. The predicted octanol–water partition coefficient (Wildman–Crippen LogP) is 13.3. The Labute approximate surface area is 341 Å². The number of fused-ring (bicyclic) bond motifs is 6. The number of allylic oxidation sites excluding steroid dienone is 4. The first-order valence-electron chi connectivity index (χ1n) is 20.7. The van der Waals surface area contributed by atoms with Crippen LogP contribution in [0.4, 0.5) is 28.4 Å². The van der Waals surface area contributed by atoms with Crippen molar-refractivity contribution in [2.45, 2.75) is 113 Å². The molecule has 0 unspecified atom stereocenters. The monoisotopic (exact) mass is 754 g/mol. The van der Waals surface area contributed by atoms with Gasteiger partial charge in [-0.15, -0.1) is 0 Å². The number of benzene rings is 4. The van der Waals surface area contributed by atoms with Gasteiger partial charge in [0.15, 0.2) is 0 Å². The minimum absolute atomic E-state index is 0.0269. The molecule has 0 saturated heterocycles. The summed E-state index contributed by atoms with van der Waals surface area (Å²) in [7, 11) is 0. The number of anilines is 5. The number of nitrogens with zero attached hydrogens (tertiary/aromatic N) is 2. The van der Waals surface area contributed by atoms with Gasteiger partial charge in [-0.25, -0.2) is 0 Å². The molecule has 0 fully saturated rings. The molecule has 0 spiro atoms. The normalized spacial score (nSPS) is 17.1. The number of aryl methyl sites for hydroxylation is 2. The lowest BCUT2D eigenvalue weighted by Gasteiger charge is -2.46. The molecule has 5 aromatic rings. The fraction of sp³-hybridized carbons (Fsp3) is 0.346. The third-order valence-corrected chi connectivity index (χ3v) is 14.7. The van der Waals surface area contributed by atoms with Crippen LogP contribution in [0.15, 0.2) is 115 Å². The fourth-order valence-corrected chi connectivity index (χ4v) is 10.9. The van der Waals surface area contributed by atoms with E-state index in [0.29, 0.717) is 5.92 Å². The molecule has 286 valence electrons. The molecule has 0 radical (unpaired) electrons. The minimum atomic E-state index is 0.0269. The number of hydrogen-bond donors (Lipinski definition) is 0. The fourth-order valence-electron chi connectivity index (χ4n) is 9.18. The second kappa shape index (κ2) is 13.5. The average molecular weight is 755 g/mol. The van der Waals surface area contributed by atoms with Crippen molar-refractivity contribution in [3.63, 3.8) is 0 Å². The van der Waals surface area contributed by atoms with Crippen LogP contribution < -0.4 is 25.5 Å². The van der Waals surface area contributed by atoms with Gasteiger partial charge in [0.1, 0.15) is 0 Å². The molecule has 0 N–H and O–H groups in total. The lowest BCUT2D eigenvalue weighted by Crippen LogP contribution is -2.61. The van der Waals surface area contributed by atoms with Crippen LogP contribution in [0, 0.1) is 19.3 Å². The summed E-state index contributed by atoms with van der Waals surface area (Å²) in [5.74, 6) is 0.415. The van der Waals surface area contributed by atoms with E-state index in [9.17, 15) is 0 Å². The van der Waals surface area contributed by atoms with E-state index >= 15 is 0 Å². The Kier molecular flexibility index (Phi) is 9.28. The molecule has 2 aliphatic heterocycles. The van der Waals surface area contributed by atoms with Crippen LogP contribution in [-0.2, 0) is 10.8 Å². The number of thiophene rings is 1. The molecule has 4 heteroatoms. The summed E-state index contributed by atoms with van der Waals surface area (Å²) in [5.41, 5.74) is 19.8. The Balaban J connectivity index is 1.50. The van der Waals surface area contributed by atoms with Crippen molar-refractivity contribution in [2.24, 2.45) is 5.41 Å². The van der Waals surface area contributed by atoms with Crippen molar-refractivity contribution in [2.75, 3.05) is 9.80 Å². The van der Waals surface area contributed by atoms with Gasteiger partial charge in [-0.05, 0) is 136 Å². The van der Waals surface area contributed by atoms with E-state index in [-0.39, 0.29) is 23.0 Å². The van der Waals surface area contributed by atoms with E-state index in [1.54, 1.807) is 4.88 Å². The molecule has 1 aromatic heterocycles. The first kappa shape index (κ1) is 38.3. The zero-order valence-electron chi connectivity index (χ0n) is 35.8. The maximum Gasteiger partial charge on any atom is 0.264 e. The summed E-state index contributed by atoms with van der Waals surface area (Å²) < 4.78 is 1.47. The molecule has 8 rings (SSSR count). The van der Waals surface area contributed by atoms with Gasteiger partial charge in [0.25, 0.3) is 6.71 Å². The summed E-state index contributed by atoms with van der Waals surface area (Å²) in [4.78, 5) is 6.77. The molecule has 0 saturated carbocycles.